The Kier molecular flexibility index (Phi) is 5.34. The molecule has 30 heavy (non-hydrogen) atoms. The highest BCUT2D eigenvalue weighted by Gasteiger charge is 2.35. The molecule has 4 rings (SSSR count). The first kappa shape index (κ1) is 20.2. The van der Waals surface area contributed by atoms with Crippen molar-refractivity contribution in [1.82, 2.24) is 19.0 Å². The maximum absolute atomic E-state index is 13.1. The number of benzene rings is 1. The zero-order chi connectivity index (χ0) is 21.4. The normalized spacial score (nSPS) is 16.2. The molecule has 1 saturated heterocycles. The third kappa shape index (κ3) is 3.70. The summed E-state index contributed by atoms with van der Waals surface area (Å²) in [7, 11) is 2.86. The van der Waals surface area contributed by atoms with Gasteiger partial charge in [-0.3, -0.25) is 18.7 Å². The van der Waals surface area contributed by atoms with Crippen LogP contribution in [-0.4, -0.2) is 31.5 Å². The molecule has 1 amide bonds. The molecule has 3 aromatic rings. The maximum Gasteiger partial charge on any atom is 0.331 e. The zero-order valence-electron chi connectivity index (χ0n) is 16.7. The molecule has 156 valence electrons. The Morgan fingerprint density at radius 1 is 1.23 bits per heavy atom. The molecule has 0 unspecified atom stereocenters. The van der Waals surface area contributed by atoms with E-state index in [0.717, 1.165) is 16.6 Å². The van der Waals surface area contributed by atoms with E-state index in [2.05, 4.69) is 4.98 Å². The smallest absolute Gasteiger partial charge is 0.331 e. The second-order valence-corrected chi connectivity index (χ2v) is 7.83. The molecule has 1 aliphatic heterocycles. The molecule has 9 heteroatoms. The number of carbonyl (C=O) groups excluding carboxylic acids is 1. The highest BCUT2D eigenvalue weighted by atomic mass is 35.5. The number of hydrogen-bond donors (Lipinski definition) is 0. The van der Waals surface area contributed by atoms with Crippen molar-refractivity contribution in [3.8, 4) is 0 Å². The zero-order valence-corrected chi connectivity index (χ0v) is 17.4. The molecule has 0 saturated carbocycles. The van der Waals surface area contributed by atoms with Crippen molar-refractivity contribution in [2.45, 2.75) is 25.3 Å². The lowest BCUT2D eigenvalue weighted by atomic mass is 10.1. The van der Waals surface area contributed by atoms with Gasteiger partial charge in [-0.1, -0.05) is 23.7 Å². The fraction of sp³-hybridized carbons (Fsp3) is 0.333. The predicted molar refractivity (Wildman–Crippen MR) is 111 cm³/mol. The van der Waals surface area contributed by atoms with Gasteiger partial charge >= 0.3 is 5.69 Å². The van der Waals surface area contributed by atoms with Crippen LogP contribution in [-0.2, 0) is 20.5 Å². The number of aromatic nitrogens is 3. The Morgan fingerprint density at radius 3 is 2.80 bits per heavy atom. The SMILES string of the molecule is Cn1c(C(=O)N2CCC[C@@H]2c2ncc(Cc3cccc(Cl)c3)o2)cc(=O)n(C)c1=O. The van der Waals surface area contributed by atoms with Gasteiger partial charge in [0.05, 0.1) is 6.20 Å². The number of likely N-dealkylation sites (tertiary alicyclic amines) is 1. The Bertz CT molecular complexity index is 1230. The fourth-order valence-electron chi connectivity index (χ4n) is 3.76. The van der Waals surface area contributed by atoms with E-state index < -0.39 is 11.2 Å². The highest BCUT2D eigenvalue weighted by Crippen LogP contribution is 2.33. The van der Waals surface area contributed by atoms with E-state index in [1.54, 1.807) is 11.1 Å². The van der Waals surface area contributed by atoms with Crippen LogP contribution in [0.1, 0.15) is 46.6 Å². The second kappa shape index (κ2) is 7.95. The Labute approximate surface area is 177 Å². The van der Waals surface area contributed by atoms with E-state index in [-0.39, 0.29) is 17.6 Å². The van der Waals surface area contributed by atoms with Crippen LogP contribution in [0.5, 0.6) is 0 Å². The van der Waals surface area contributed by atoms with Crippen LogP contribution in [0.15, 0.2) is 50.5 Å². The van der Waals surface area contributed by atoms with Crippen LogP contribution >= 0.6 is 11.6 Å². The van der Waals surface area contributed by atoms with Gasteiger partial charge in [0.15, 0.2) is 0 Å². The van der Waals surface area contributed by atoms with Crippen LogP contribution in [0.4, 0.5) is 0 Å². The minimum atomic E-state index is -0.540. The fourth-order valence-corrected chi connectivity index (χ4v) is 3.97. The molecule has 2 aromatic heterocycles. The lowest BCUT2D eigenvalue weighted by Gasteiger charge is -2.23. The monoisotopic (exact) mass is 428 g/mol. The minimum Gasteiger partial charge on any atom is -0.443 e. The van der Waals surface area contributed by atoms with Gasteiger partial charge in [-0.2, -0.15) is 0 Å². The molecular formula is C21H21ClN4O4. The molecule has 0 bridgehead atoms. The topological polar surface area (TPSA) is 90.3 Å². The summed E-state index contributed by atoms with van der Waals surface area (Å²) in [5.74, 6) is 0.739. The van der Waals surface area contributed by atoms with E-state index in [9.17, 15) is 14.4 Å². The lowest BCUT2D eigenvalue weighted by molar-refractivity contribution is 0.0702. The standard InChI is InChI=1S/C21H21ClN4O4/c1-24-17(11-18(27)25(2)21(24)29)20(28)26-8-4-7-16(26)19-23-12-15(30-19)10-13-5-3-6-14(22)9-13/h3,5-6,9,11-12,16H,4,7-8,10H2,1-2H3/t16-/m1/s1. The lowest BCUT2D eigenvalue weighted by Crippen LogP contribution is -2.42. The van der Waals surface area contributed by atoms with Gasteiger partial charge in [0.1, 0.15) is 17.5 Å². The van der Waals surface area contributed by atoms with Crippen molar-refractivity contribution in [2.24, 2.45) is 14.1 Å². The van der Waals surface area contributed by atoms with Crippen LogP contribution in [0.2, 0.25) is 5.02 Å². The first-order valence-corrected chi connectivity index (χ1v) is 10.00. The molecule has 1 atom stereocenters. The maximum atomic E-state index is 13.1. The van der Waals surface area contributed by atoms with E-state index >= 15 is 0 Å². The molecule has 8 nitrogen and oxygen atoms in total. The third-order valence-corrected chi connectivity index (χ3v) is 5.62. The van der Waals surface area contributed by atoms with Gasteiger partial charge in [0.2, 0.25) is 5.89 Å². The Balaban J connectivity index is 1.59. The van der Waals surface area contributed by atoms with Gasteiger partial charge in [-0.15, -0.1) is 0 Å². The van der Waals surface area contributed by atoms with Crippen LogP contribution in [0, 0.1) is 0 Å². The van der Waals surface area contributed by atoms with Gasteiger partial charge in [-0.05, 0) is 30.5 Å². The van der Waals surface area contributed by atoms with Crippen molar-refractivity contribution in [1.29, 1.82) is 0 Å². The molecule has 0 aliphatic carbocycles. The van der Waals surface area contributed by atoms with Crippen molar-refractivity contribution in [3.63, 3.8) is 0 Å². The van der Waals surface area contributed by atoms with Gasteiger partial charge < -0.3 is 9.32 Å². The largest absolute Gasteiger partial charge is 0.443 e. The summed E-state index contributed by atoms with van der Waals surface area (Å²) in [4.78, 5) is 43.4. The van der Waals surface area contributed by atoms with Crippen molar-refractivity contribution in [3.05, 3.63) is 85.3 Å². The summed E-state index contributed by atoms with van der Waals surface area (Å²) >= 11 is 6.04. The Hall–Kier alpha value is -3.13. The van der Waals surface area contributed by atoms with Gasteiger partial charge in [-0.25, -0.2) is 9.78 Å². The summed E-state index contributed by atoms with van der Waals surface area (Å²) < 4.78 is 8.10. The van der Waals surface area contributed by atoms with Crippen molar-refractivity contribution < 1.29 is 9.21 Å². The number of halogens is 1. The molecule has 0 spiro atoms. The molecule has 3 heterocycles. The summed E-state index contributed by atoms with van der Waals surface area (Å²) in [6.45, 7) is 0.499. The molecule has 0 N–H and O–H groups in total. The quantitative estimate of drug-likeness (QED) is 0.636. The number of hydrogen-bond acceptors (Lipinski definition) is 5. The summed E-state index contributed by atoms with van der Waals surface area (Å²) in [5, 5.41) is 0.652. The number of carbonyl (C=O) groups is 1. The average molecular weight is 429 g/mol. The average Bonchev–Trinajstić information content (AvgIpc) is 3.38. The van der Waals surface area contributed by atoms with Gasteiger partial charge in [0.25, 0.3) is 11.5 Å². The van der Waals surface area contributed by atoms with Gasteiger partial charge in [0, 0.05) is 38.1 Å². The van der Waals surface area contributed by atoms with Crippen molar-refractivity contribution in [2.75, 3.05) is 6.54 Å². The molecular weight excluding hydrogens is 408 g/mol. The number of amides is 1. The van der Waals surface area contributed by atoms with E-state index in [1.165, 1.54) is 24.7 Å². The second-order valence-electron chi connectivity index (χ2n) is 7.40. The number of oxazole rings is 1. The molecule has 1 fully saturated rings. The minimum absolute atomic E-state index is 0.0562. The van der Waals surface area contributed by atoms with Crippen LogP contribution in [0.3, 0.4) is 0 Å². The van der Waals surface area contributed by atoms with Crippen molar-refractivity contribution >= 4 is 17.5 Å². The highest BCUT2D eigenvalue weighted by molar-refractivity contribution is 6.30. The van der Waals surface area contributed by atoms with E-state index in [0.29, 0.717) is 36.1 Å². The summed E-state index contributed by atoms with van der Waals surface area (Å²) in [6.07, 6.45) is 3.67. The molecule has 1 aliphatic rings. The third-order valence-electron chi connectivity index (χ3n) is 5.38. The Morgan fingerprint density at radius 2 is 2.03 bits per heavy atom. The number of rotatable bonds is 4. The summed E-state index contributed by atoms with van der Waals surface area (Å²) in [6, 6.07) is 8.36. The summed E-state index contributed by atoms with van der Waals surface area (Å²) in [5.41, 5.74) is -0.000880. The number of nitrogens with zero attached hydrogens (tertiary/aromatic N) is 4. The predicted octanol–water partition coefficient (Wildman–Crippen LogP) is 2.29. The van der Waals surface area contributed by atoms with E-state index in [4.69, 9.17) is 16.0 Å². The molecule has 1 aromatic carbocycles. The van der Waals surface area contributed by atoms with Crippen LogP contribution in [0.25, 0.3) is 0 Å². The van der Waals surface area contributed by atoms with Crippen LogP contribution < -0.4 is 11.2 Å². The first-order valence-electron chi connectivity index (χ1n) is 9.62. The first-order chi connectivity index (χ1) is 14.3. The molecule has 0 radical (unpaired) electrons. The van der Waals surface area contributed by atoms with E-state index in [1.807, 2.05) is 24.3 Å².